The van der Waals surface area contributed by atoms with Crippen molar-refractivity contribution in [3.63, 3.8) is 0 Å². The van der Waals surface area contributed by atoms with Crippen molar-refractivity contribution in [3.05, 3.63) is 29.8 Å². The molecule has 0 amide bonds. The zero-order valence-electron chi connectivity index (χ0n) is 12.5. The number of terminal acetylenes is 1. The molecule has 1 aliphatic rings. The molecule has 0 aromatic heterocycles. The van der Waals surface area contributed by atoms with Crippen molar-refractivity contribution < 1.29 is 9.53 Å². The highest BCUT2D eigenvalue weighted by molar-refractivity contribution is 5.95. The third-order valence-electron chi connectivity index (χ3n) is 3.68. The van der Waals surface area contributed by atoms with Gasteiger partial charge in [-0.2, -0.15) is 0 Å². The minimum atomic E-state index is -0.273. The van der Waals surface area contributed by atoms with Crippen molar-refractivity contribution in [2.75, 3.05) is 31.6 Å². The molecule has 4 heteroatoms. The predicted octanol–water partition coefficient (Wildman–Crippen LogP) is 2.37. The number of nitrogens with one attached hydrogen (secondary N) is 1. The zero-order valence-corrected chi connectivity index (χ0v) is 12.5. The molecular weight excluding hydrogens is 264 g/mol. The first kappa shape index (κ1) is 15.4. The Bertz CT molecular complexity index is 514. The van der Waals surface area contributed by atoms with Gasteiger partial charge in [-0.05, 0) is 31.9 Å². The summed E-state index contributed by atoms with van der Waals surface area (Å²) in [6.07, 6.45) is 7.39. The number of para-hydroxylation sites is 1. The molecule has 1 aromatic carbocycles. The fourth-order valence-corrected chi connectivity index (χ4v) is 2.58. The highest BCUT2D eigenvalue weighted by Crippen LogP contribution is 2.21. The Morgan fingerprint density at radius 3 is 2.81 bits per heavy atom. The van der Waals surface area contributed by atoms with Gasteiger partial charge in [0, 0.05) is 24.8 Å². The van der Waals surface area contributed by atoms with Crippen LogP contribution in [0.3, 0.4) is 0 Å². The van der Waals surface area contributed by atoms with E-state index in [9.17, 15) is 4.79 Å². The predicted molar refractivity (Wildman–Crippen MR) is 84.3 cm³/mol. The average molecular weight is 286 g/mol. The van der Waals surface area contributed by atoms with Crippen molar-refractivity contribution in [2.24, 2.45) is 0 Å². The normalized spacial score (nSPS) is 16.2. The number of ether oxygens (including phenoxy) is 1. The molecule has 1 heterocycles. The largest absolute Gasteiger partial charge is 0.462 e. The summed E-state index contributed by atoms with van der Waals surface area (Å²) in [7, 11) is 0. The van der Waals surface area contributed by atoms with Gasteiger partial charge in [0.2, 0.25) is 0 Å². The molecule has 1 aliphatic heterocycles. The van der Waals surface area contributed by atoms with Crippen molar-refractivity contribution in [3.8, 4) is 12.3 Å². The summed E-state index contributed by atoms with van der Waals surface area (Å²) >= 11 is 0. The van der Waals surface area contributed by atoms with E-state index in [0.29, 0.717) is 24.8 Å². The number of rotatable bonds is 5. The van der Waals surface area contributed by atoms with E-state index >= 15 is 0 Å². The first-order valence-electron chi connectivity index (χ1n) is 7.43. The van der Waals surface area contributed by atoms with Crippen LogP contribution >= 0.6 is 0 Å². The second kappa shape index (κ2) is 7.70. The van der Waals surface area contributed by atoms with Crippen LogP contribution in [-0.2, 0) is 4.74 Å². The standard InChI is InChI=1S/C17H22N2O2/c1-3-11-19-12-9-14(10-13-19)18-16-8-6-5-7-15(16)17(20)21-4-2/h1,5-8,14,18H,4,9-13H2,2H3. The van der Waals surface area contributed by atoms with Gasteiger partial charge in [0.15, 0.2) is 0 Å². The molecule has 1 saturated heterocycles. The minimum absolute atomic E-state index is 0.273. The van der Waals surface area contributed by atoms with E-state index < -0.39 is 0 Å². The number of likely N-dealkylation sites (tertiary alicyclic amines) is 1. The molecule has 1 aromatic rings. The Morgan fingerprint density at radius 1 is 1.43 bits per heavy atom. The van der Waals surface area contributed by atoms with Gasteiger partial charge in [0.1, 0.15) is 0 Å². The number of anilines is 1. The molecule has 0 atom stereocenters. The van der Waals surface area contributed by atoms with E-state index in [0.717, 1.165) is 31.6 Å². The fourth-order valence-electron chi connectivity index (χ4n) is 2.58. The number of nitrogens with zero attached hydrogens (tertiary/aromatic N) is 1. The highest BCUT2D eigenvalue weighted by atomic mass is 16.5. The number of carbonyl (C=O) groups is 1. The Hall–Kier alpha value is -1.99. The summed E-state index contributed by atoms with van der Waals surface area (Å²) in [5, 5.41) is 3.47. The van der Waals surface area contributed by atoms with E-state index in [-0.39, 0.29) is 5.97 Å². The van der Waals surface area contributed by atoms with E-state index in [2.05, 4.69) is 16.1 Å². The number of hydrogen-bond donors (Lipinski definition) is 1. The first-order valence-corrected chi connectivity index (χ1v) is 7.43. The van der Waals surface area contributed by atoms with Crippen LogP contribution in [0, 0.1) is 12.3 Å². The topological polar surface area (TPSA) is 41.6 Å². The van der Waals surface area contributed by atoms with Gasteiger partial charge < -0.3 is 10.1 Å². The summed E-state index contributed by atoms with van der Waals surface area (Å²) in [4.78, 5) is 14.2. The number of esters is 1. The third kappa shape index (κ3) is 4.24. The summed E-state index contributed by atoms with van der Waals surface area (Å²) in [6, 6.07) is 7.88. The second-order valence-corrected chi connectivity index (χ2v) is 5.16. The lowest BCUT2D eigenvalue weighted by molar-refractivity contribution is 0.0527. The number of piperidine rings is 1. The molecule has 0 unspecified atom stereocenters. The van der Waals surface area contributed by atoms with Crippen LogP contribution in [0.25, 0.3) is 0 Å². The number of benzene rings is 1. The molecule has 1 N–H and O–H groups in total. The second-order valence-electron chi connectivity index (χ2n) is 5.16. The van der Waals surface area contributed by atoms with Crippen LogP contribution in [0.15, 0.2) is 24.3 Å². The van der Waals surface area contributed by atoms with Crippen molar-refractivity contribution in [1.29, 1.82) is 0 Å². The smallest absolute Gasteiger partial charge is 0.340 e. The van der Waals surface area contributed by atoms with Crippen LogP contribution in [0.5, 0.6) is 0 Å². The lowest BCUT2D eigenvalue weighted by Gasteiger charge is -2.32. The van der Waals surface area contributed by atoms with Crippen LogP contribution in [0.4, 0.5) is 5.69 Å². The van der Waals surface area contributed by atoms with Crippen molar-refractivity contribution in [2.45, 2.75) is 25.8 Å². The summed E-state index contributed by atoms with van der Waals surface area (Å²) < 4.78 is 5.10. The van der Waals surface area contributed by atoms with Gasteiger partial charge >= 0.3 is 5.97 Å². The zero-order chi connectivity index (χ0) is 15.1. The molecule has 2 rings (SSSR count). The molecule has 0 spiro atoms. The maximum atomic E-state index is 12.0. The molecule has 21 heavy (non-hydrogen) atoms. The Labute approximate surface area is 126 Å². The molecular formula is C17H22N2O2. The summed E-state index contributed by atoms with van der Waals surface area (Å²) in [6.45, 7) is 4.89. The van der Waals surface area contributed by atoms with E-state index in [1.165, 1.54) is 0 Å². The molecule has 0 radical (unpaired) electrons. The number of carbonyl (C=O) groups excluding carboxylic acids is 1. The molecule has 0 bridgehead atoms. The van der Waals surface area contributed by atoms with Gasteiger partial charge in [-0.15, -0.1) is 6.42 Å². The number of hydrogen-bond acceptors (Lipinski definition) is 4. The van der Waals surface area contributed by atoms with Crippen molar-refractivity contribution >= 4 is 11.7 Å². The maximum absolute atomic E-state index is 12.0. The van der Waals surface area contributed by atoms with Gasteiger partial charge in [0.25, 0.3) is 0 Å². The lowest BCUT2D eigenvalue weighted by atomic mass is 10.0. The van der Waals surface area contributed by atoms with E-state index in [4.69, 9.17) is 11.2 Å². The Balaban J connectivity index is 1.98. The molecule has 1 fully saturated rings. The van der Waals surface area contributed by atoms with Crippen molar-refractivity contribution in [1.82, 2.24) is 4.90 Å². The van der Waals surface area contributed by atoms with Crippen LogP contribution in [0.1, 0.15) is 30.1 Å². The van der Waals surface area contributed by atoms with E-state index in [1.54, 1.807) is 6.07 Å². The summed E-state index contributed by atoms with van der Waals surface area (Å²) in [5.74, 6) is 2.41. The molecule has 4 nitrogen and oxygen atoms in total. The van der Waals surface area contributed by atoms with Crippen LogP contribution in [0.2, 0.25) is 0 Å². The lowest BCUT2D eigenvalue weighted by Crippen LogP contribution is -2.39. The van der Waals surface area contributed by atoms with Gasteiger partial charge in [-0.25, -0.2) is 4.79 Å². The van der Waals surface area contributed by atoms with Gasteiger partial charge in [0.05, 0.1) is 18.7 Å². The van der Waals surface area contributed by atoms with Gasteiger partial charge in [-0.3, -0.25) is 4.90 Å². The summed E-state index contributed by atoms with van der Waals surface area (Å²) in [5.41, 5.74) is 1.46. The fraction of sp³-hybridized carbons (Fsp3) is 0.471. The SMILES string of the molecule is C#CCN1CCC(Nc2ccccc2C(=O)OCC)CC1. The maximum Gasteiger partial charge on any atom is 0.340 e. The monoisotopic (exact) mass is 286 g/mol. The quantitative estimate of drug-likeness (QED) is 0.666. The minimum Gasteiger partial charge on any atom is -0.462 e. The van der Waals surface area contributed by atoms with E-state index in [1.807, 2.05) is 25.1 Å². The van der Waals surface area contributed by atoms with Crippen LogP contribution < -0.4 is 5.32 Å². The molecule has 112 valence electrons. The van der Waals surface area contributed by atoms with Gasteiger partial charge in [-0.1, -0.05) is 18.1 Å². The highest BCUT2D eigenvalue weighted by Gasteiger charge is 2.20. The Morgan fingerprint density at radius 2 is 2.14 bits per heavy atom. The molecule has 0 aliphatic carbocycles. The third-order valence-corrected chi connectivity index (χ3v) is 3.68. The van der Waals surface area contributed by atoms with Crippen LogP contribution in [-0.4, -0.2) is 43.2 Å². The average Bonchev–Trinajstić information content (AvgIpc) is 2.50. The Kier molecular flexibility index (Phi) is 5.65. The first-order chi connectivity index (χ1) is 10.2. The molecule has 0 saturated carbocycles.